The molecule has 33 heavy (non-hydrogen) atoms. The van der Waals surface area contributed by atoms with Gasteiger partial charge in [0.15, 0.2) is 0 Å². The van der Waals surface area contributed by atoms with Crippen molar-refractivity contribution in [2.24, 2.45) is 0 Å². The highest BCUT2D eigenvalue weighted by Gasteiger charge is 2.55. The van der Waals surface area contributed by atoms with Crippen LogP contribution in [0.4, 0.5) is 10.5 Å². The minimum absolute atomic E-state index is 0.182. The van der Waals surface area contributed by atoms with E-state index in [4.69, 9.17) is 0 Å². The molecule has 4 rings (SSSR count). The highest BCUT2D eigenvalue weighted by atomic mass is 16.2. The number of imide groups is 1. The van der Waals surface area contributed by atoms with Gasteiger partial charge in [-0.1, -0.05) is 31.4 Å². The van der Waals surface area contributed by atoms with Crippen molar-refractivity contribution >= 4 is 23.5 Å². The fraction of sp³-hybridized carbons (Fsp3) is 0.640. The third kappa shape index (κ3) is 5.00. The molecule has 1 aromatic rings. The molecule has 0 bridgehead atoms. The molecule has 2 saturated heterocycles. The molecule has 8 nitrogen and oxygen atoms in total. The van der Waals surface area contributed by atoms with Crippen molar-refractivity contribution in [3.63, 3.8) is 0 Å². The van der Waals surface area contributed by atoms with Gasteiger partial charge in [0.25, 0.3) is 5.91 Å². The van der Waals surface area contributed by atoms with E-state index in [0.717, 1.165) is 63.3 Å². The molecule has 1 aromatic carbocycles. The quantitative estimate of drug-likeness (QED) is 0.504. The van der Waals surface area contributed by atoms with Crippen LogP contribution in [0.2, 0.25) is 0 Å². The molecule has 0 atom stereocenters. The van der Waals surface area contributed by atoms with Gasteiger partial charge in [0.05, 0.1) is 0 Å². The zero-order valence-electron chi connectivity index (χ0n) is 20.0. The fourth-order valence-corrected chi connectivity index (χ4v) is 5.46. The monoisotopic (exact) mass is 455 g/mol. The zero-order valence-corrected chi connectivity index (χ0v) is 20.0. The largest absolute Gasteiger partial charge is 0.369 e. The molecule has 1 saturated carbocycles. The average molecular weight is 456 g/mol. The highest BCUT2D eigenvalue weighted by Crippen LogP contribution is 2.39. The summed E-state index contributed by atoms with van der Waals surface area (Å²) in [7, 11) is 1.70. The van der Waals surface area contributed by atoms with Gasteiger partial charge in [-0.25, -0.2) is 4.79 Å². The number of nitrogens with zero attached hydrogens (tertiary/aromatic N) is 4. The first-order valence-electron chi connectivity index (χ1n) is 12.3. The Kier molecular flexibility index (Phi) is 7.22. The Balaban J connectivity index is 1.16. The van der Waals surface area contributed by atoms with Crippen LogP contribution in [-0.2, 0) is 9.59 Å². The van der Waals surface area contributed by atoms with Gasteiger partial charge in [0, 0.05) is 45.5 Å². The van der Waals surface area contributed by atoms with Crippen molar-refractivity contribution in [1.82, 2.24) is 20.0 Å². The minimum atomic E-state index is -0.726. The maximum Gasteiger partial charge on any atom is 0.327 e. The summed E-state index contributed by atoms with van der Waals surface area (Å²) >= 11 is 0. The number of piperazine rings is 1. The Morgan fingerprint density at radius 2 is 1.79 bits per heavy atom. The van der Waals surface area contributed by atoms with E-state index in [0.29, 0.717) is 19.4 Å². The lowest BCUT2D eigenvalue weighted by atomic mass is 9.81. The van der Waals surface area contributed by atoms with E-state index in [9.17, 15) is 14.4 Å². The number of hydrogen-bond donors (Lipinski definition) is 1. The summed E-state index contributed by atoms with van der Waals surface area (Å²) in [6, 6.07) is 8.28. The summed E-state index contributed by atoms with van der Waals surface area (Å²) in [6.07, 6.45) is 5.23. The molecule has 0 aromatic heterocycles. The van der Waals surface area contributed by atoms with Crippen molar-refractivity contribution in [3.05, 3.63) is 29.8 Å². The van der Waals surface area contributed by atoms with Crippen LogP contribution in [0.25, 0.3) is 0 Å². The number of amides is 4. The molecule has 3 fully saturated rings. The SMILES string of the molecule is Cc1cccc(N2CCN(CCCNC(=O)CN3C(=O)N(C)C4(CCCCC4)C3=O)CC2)c1. The molecule has 0 radical (unpaired) electrons. The molecule has 0 unspecified atom stereocenters. The van der Waals surface area contributed by atoms with E-state index in [1.807, 2.05) is 0 Å². The average Bonchev–Trinajstić information content (AvgIpc) is 2.99. The number of benzene rings is 1. The van der Waals surface area contributed by atoms with E-state index < -0.39 is 5.54 Å². The first kappa shape index (κ1) is 23.5. The van der Waals surface area contributed by atoms with Crippen LogP contribution in [-0.4, -0.2) is 90.9 Å². The smallest absolute Gasteiger partial charge is 0.327 e. The molecule has 1 spiro atoms. The van der Waals surface area contributed by atoms with Crippen LogP contribution in [0.3, 0.4) is 0 Å². The predicted molar refractivity (Wildman–Crippen MR) is 128 cm³/mol. The summed E-state index contributed by atoms with van der Waals surface area (Å²) in [6.45, 7) is 7.44. The van der Waals surface area contributed by atoms with Gasteiger partial charge in [-0.15, -0.1) is 0 Å². The fourth-order valence-electron chi connectivity index (χ4n) is 5.46. The van der Waals surface area contributed by atoms with Gasteiger partial charge >= 0.3 is 6.03 Å². The summed E-state index contributed by atoms with van der Waals surface area (Å²) < 4.78 is 0. The number of likely N-dealkylation sites (N-methyl/N-ethyl adjacent to an activating group) is 1. The Morgan fingerprint density at radius 3 is 2.48 bits per heavy atom. The van der Waals surface area contributed by atoms with Crippen molar-refractivity contribution in [1.29, 1.82) is 0 Å². The second-order valence-electron chi connectivity index (χ2n) is 9.70. The normalized spacial score (nSPS) is 21.2. The molecular formula is C25H37N5O3. The summed E-state index contributed by atoms with van der Waals surface area (Å²) in [5.41, 5.74) is 1.84. The number of carbonyl (C=O) groups excluding carboxylic acids is 3. The van der Waals surface area contributed by atoms with Gasteiger partial charge in [-0.3, -0.25) is 19.4 Å². The molecule has 1 N–H and O–H groups in total. The third-order valence-electron chi connectivity index (χ3n) is 7.50. The third-order valence-corrected chi connectivity index (χ3v) is 7.50. The maximum atomic E-state index is 13.0. The van der Waals surface area contributed by atoms with Gasteiger partial charge in [0.2, 0.25) is 5.91 Å². The molecule has 1 aliphatic carbocycles. The summed E-state index contributed by atoms with van der Waals surface area (Å²) in [4.78, 5) is 45.7. The van der Waals surface area contributed by atoms with Crippen LogP contribution >= 0.6 is 0 Å². The molecule has 2 heterocycles. The summed E-state index contributed by atoms with van der Waals surface area (Å²) in [5, 5.41) is 2.90. The number of rotatable bonds is 7. The molecule has 8 heteroatoms. The van der Waals surface area contributed by atoms with Gasteiger partial charge < -0.3 is 15.1 Å². The molecule has 2 aliphatic heterocycles. The van der Waals surface area contributed by atoms with E-state index >= 15 is 0 Å². The lowest BCUT2D eigenvalue weighted by Gasteiger charge is -2.36. The Morgan fingerprint density at radius 1 is 1.06 bits per heavy atom. The molecule has 4 amide bonds. The Bertz CT molecular complexity index is 875. The first-order chi connectivity index (χ1) is 15.9. The second kappa shape index (κ2) is 10.1. The minimum Gasteiger partial charge on any atom is -0.369 e. The van der Waals surface area contributed by atoms with Crippen LogP contribution in [0, 0.1) is 6.92 Å². The van der Waals surface area contributed by atoms with Gasteiger partial charge in [-0.05, 0) is 50.4 Å². The Hall–Kier alpha value is -2.61. The van der Waals surface area contributed by atoms with Crippen LogP contribution in [0.1, 0.15) is 44.1 Å². The number of anilines is 1. The van der Waals surface area contributed by atoms with Gasteiger partial charge in [0.1, 0.15) is 12.1 Å². The van der Waals surface area contributed by atoms with E-state index in [2.05, 4.69) is 46.3 Å². The zero-order chi connectivity index (χ0) is 23.4. The van der Waals surface area contributed by atoms with Crippen molar-refractivity contribution < 1.29 is 14.4 Å². The van der Waals surface area contributed by atoms with Gasteiger partial charge in [-0.2, -0.15) is 0 Å². The Labute approximate surface area is 196 Å². The molecule has 3 aliphatic rings. The number of nitrogens with one attached hydrogen (secondary N) is 1. The predicted octanol–water partition coefficient (Wildman–Crippen LogP) is 2.22. The van der Waals surface area contributed by atoms with Crippen LogP contribution < -0.4 is 10.2 Å². The molecular weight excluding hydrogens is 418 g/mol. The maximum absolute atomic E-state index is 13.0. The van der Waals surface area contributed by atoms with Crippen molar-refractivity contribution in [2.75, 3.05) is 57.8 Å². The van der Waals surface area contributed by atoms with E-state index in [1.165, 1.54) is 11.3 Å². The number of hydrogen-bond acceptors (Lipinski definition) is 5. The molecule has 180 valence electrons. The van der Waals surface area contributed by atoms with Crippen LogP contribution in [0.5, 0.6) is 0 Å². The highest BCUT2D eigenvalue weighted by molar-refractivity contribution is 6.08. The first-order valence-corrected chi connectivity index (χ1v) is 12.3. The van der Waals surface area contributed by atoms with Crippen molar-refractivity contribution in [3.8, 4) is 0 Å². The van der Waals surface area contributed by atoms with E-state index in [1.54, 1.807) is 11.9 Å². The number of urea groups is 1. The van der Waals surface area contributed by atoms with Crippen molar-refractivity contribution in [2.45, 2.75) is 51.0 Å². The standard InChI is InChI=1S/C25H37N5O3/c1-20-8-6-9-21(18-20)29-16-14-28(15-17-29)13-7-12-26-22(31)19-30-23(32)25(27(2)24(30)33)10-4-3-5-11-25/h6,8-9,18H,3-5,7,10-17,19H2,1-2H3,(H,26,31). The number of carbonyl (C=O) groups is 3. The second-order valence-corrected chi connectivity index (χ2v) is 9.70. The lowest BCUT2D eigenvalue weighted by Crippen LogP contribution is -2.49. The summed E-state index contributed by atoms with van der Waals surface area (Å²) in [5.74, 6) is -0.460. The lowest BCUT2D eigenvalue weighted by molar-refractivity contribution is -0.137. The van der Waals surface area contributed by atoms with E-state index in [-0.39, 0.29) is 24.4 Å². The topological polar surface area (TPSA) is 76.2 Å². The number of aryl methyl sites for hydroxylation is 1. The van der Waals surface area contributed by atoms with Crippen LogP contribution in [0.15, 0.2) is 24.3 Å².